The molecule has 0 unspecified atom stereocenters. The van der Waals surface area contributed by atoms with Crippen molar-refractivity contribution in [3.63, 3.8) is 0 Å². The second kappa shape index (κ2) is 40.8. The number of hydrogen-bond acceptors (Lipinski definition) is 9. The van der Waals surface area contributed by atoms with E-state index >= 15 is 0 Å². The van der Waals surface area contributed by atoms with Gasteiger partial charge in [-0.05, 0) is 117 Å². The van der Waals surface area contributed by atoms with Crippen LogP contribution in [0.4, 0.5) is 0 Å². The number of carboxylic acid groups (broad SMARTS) is 5. The van der Waals surface area contributed by atoms with Gasteiger partial charge < -0.3 is 44.7 Å². The zero-order valence-electron chi connectivity index (χ0n) is 42.3. The molecule has 11 heteroatoms. The average molecular weight is 905 g/mol. The van der Waals surface area contributed by atoms with E-state index in [0.29, 0.717) is 33.5 Å². The van der Waals surface area contributed by atoms with E-state index in [1.807, 2.05) is 0 Å². The van der Waals surface area contributed by atoms with Crippen LogP contribution in [0.25, 0.3) is 0 Å². The van der Waals surface area contributed by atoms with E-state index in [4.69, 9.17) is 5.11 Å². The fourth-order valence-corrected chi connectivity index (χ4v) is 5.51. The molecule has 0 saturated heterocycles. The van der Waals surface area contributed by atoms with Crippen molar-refractivity contribution < 1.29 is 71.2 Å². The largest absolute Gasteiger partial charge is 4.00 e. The predicted octanol–water partition coefficient (Wildman–Crippen LogP) is 10.00. The van der Waals surface area contributed by atoms with Crippen molar-refractivity contribution in [2.45, 2.75) is 264 Å². The van der Waals surface area contributed by atoms with Crippen LogP contribution in [-0.2, 0) is 45.7 Å². The number of carboxylic acids is 5. The molecular weight excluding hydrogens is 808 g/mol. The molecule has 0 amide bonds. The van der Waals surface area contributed by atoms with Crippen molar-refractivity contribution in [3.05, 3.63) is 0 Å². The maximum atomic E-state index is 10.2. The number of carbonyl (C=O) groups is 5. The van der Waals surface area contributed by atoms with Gasteiger partial charge in [0, 0.05) is 30.3 Å². The molecule has 0 fully saturated rings. The van der Waals surface area contributed by atoms with Gasteiger partial charge in [0.25, 0.3) is 0 Å². The van der Waals surface area contributed by atoms with Gasteiger partial charge in [-0.3, -0.25) is 4.79 Å². The van der Waals surface area contributed by atoms with E-state index in [0.717, 1.165) is 96.3 Å². The molecule has 0 bridgehead atoms. The van der Waals surface area contributed by atoms with Crippen LogP contribution in [0.15, 0.2) is 0 Å². The molecule has 0 aromatic carbocycles. The van der Waals surface area contributed by atoms with Crippen molar-refractivity contribution in [2.75, 3.05) is 0 Å². The normalized spacial score (nSPS) is 11.4. The molecule has 0 rings (SSSR count). The number of aliphatic carboxylic acids is 5. The van der Waals surface area contributed by atoms with E-state index in [-0.39, 0.29) is 47.4 Å². The smallest absolute Gasteiger partial charge is 0.550 e. The Labute approximate surface area is 390 Å². The summed E-state index contributed by atoms with van der Waals surface area (Å²) in [4.78, 5) is 50.4. The molecule has 10 nitrogen and oxygen atoms in total. The summed E-state index contributed by atoms with van der Waals surface area (Å²) in [7, 11) is 0. The van der Waals surface area contributed by atoms with Crippen LogP contribution in [-0.4, -0.2) is 35.0 Å². The molecule has 0 atom stereocenters. The van der Waals surface area contributed by atoms with Crippen molar-refractivity contribution >= 4 is 29.8 Å². The SMILES string of the molecule is CC(C)(C)CCCCCC(=O)O.CC(C)(C)CCCCCC(=O)[O-].CC(C)(C)CCCCCC(=O)[O-].CC(C)(C)CCCCCC(=O)[O-].CC(C)(C)CCCCCC(=O)[O-].[Ti+4]. The summed E-state index contributed by atoms with van der Waals surface area (Å²) in [5, 5.41) is 48.6. The first-order valence-corrected chi connectivity index (χ1v) is 23.1. The second-order valence-corrected chi connectivity index (χ2v) is 22.5. The Kier molecular flexibility index (Phi) is 47.3. The molecule has 0 radical (unpaired) electrons. The van der Waals surface area contributed by atoms with Crippen LogP contribution in [0.5, 0.6) is 0 Å². The average Bonchev–Trinajstić information content (AvgIpc) is 3.02. The zero-order valence-corrected chi connectivity index (χ0v) is 43.9. The molecule has 0 heterocycles. The summed E-state index contributed by atoms with van der Waals surface area (Å²) < 4.78 is 0. The number of unbranched alkanes of at least 4 members (excludes halogenated alkanes) is 10. The zero-order chi connectivity index (χ0) is 48.1. The molecule has 0 aromatic heterocycles. The van der Waals surface area contributed by atoms with Crippen LogP contribution in [0, 0.1) is 27.1 Å². The van der Waals surface area contributed by atoms with Crippen LogP contribution < -0.4 is 20.4 Å². The molecule has 61 heavy (non-hydrogen) atoms. The van der Waals surface area contributed by atoms with Gasteiger partial charge in [-0.25, -0.2) is 0 Å². The number of carbonyl (C=O) groups excluding carboxylic acids is 4. The fraction of sp³-hybridized carbons (Fsp3) is 0.900. The fourth-order valence-electron chi connectivity index (χ4n) is 5.51. The Morgan fingerprint density at radius 2 is 0.443 bits per heavy atom. The minimum Gasteiger partial charge on any atom is -0.550 e. The van der Waals surface area contributed by atoms with E-state index in [9.17, 15) is 44.4 Å². The minimum atomic E-state index is -0.925. The van der Waals surface area contributed by atoms with E-state index < -0.39 is 29.8 Å². The number of hydrogen-bond donors (Lipinski definition) is 1. The summed E-state index contributed by atoms with van der Waals surface area (Å²) in [5.74, 6) is -4.38. The van der Waals surface area contributed by atoms with Gasteiger partial charge in [0.05, 0.1) is 0 Å². The molecule has 1 N–H and O–H groups in total. The van der Waals surface area contributed by atoms with Crippen molar-refractivity contribution in [3.8, 4) is 0 Å². The van der Waals surface area contributed by atoms with Gasteiger partial charge in [-0.1, -0.05) is 168 Å². The van der Waals surface area contributed by atoms with Gasteiger partial charge in [-0.2, -0.15) is 0 Å². The third-order valence-electron chi connectivity index (χ3n) is 9.05. The minimum absolute atomic E-state index is 0. The Balaban J connectivity index is -0.000000154. The van der Waals surface area contributed by atoms with Gasteiger partial charge in [0.2, 0.25) is 0 Å². The molecule has 360 valence electrons. The Bertz CT molecular complexity index is 871. The molecule has 0 aliphatic heterocycles. The second-order valence-electron chi connectivity index (χ2n) is 22.5. The molecule has 0 aliphatic rings. The molecule has 0 aromatic rings. The Morgan fingerprint density at radius 1 is 0.295 bits per heavy atom. The first-order valence-electron chi connectivity index (χ1n) is 23.1. The Hall–Kier alpha value is -1.94. The van der Waals surface area contributed by atoms with Crippen LogP contribution in [0.3, 0.4) is 0 Å². The summed E-state index contributed by atoms with van der Waals surface area (Å²) in [6.07, 6.45) is 21.6. The summed E-state index contributed by atoms with van der Waals surface area (Å²) in [6.45, 7) is 33.0. The molecule has 0 aliphatic carbocycles. The van der Waals surface area contributed by atoms with Crippen LogP contribution in [0.2, 0.25) is 0 Å². The molecule has 0 spiro atoms. The van der Waals surface area contributed by atoms with E-state index in [1.54, 1.807) is 0 Å². The van der Waals surface area contributed by atoms with Crippen molar-refractivity contribution in [1.82, 2.24) is 0 Å². The van der Waals surface area contributed by atoms with E-state index in [1.165, 1.54) is 32.1 Å². The van der Waals surface area contributed by atoms with Gasteiger partial charge in [0.1, 0.15) is 0 Å². The predicted molar refractivity (Wildman–Crippen MR) is 240 cm³/mol. The van der Waals surface area contributed by atoms with Crippen LogP contribution in [0.1, 0.15) is 264 Å². The van der Waals surface area contributed by atoms with Crippen molar-refractivity contribution in [2.24, 2.45) is 27.1 Å². The van der Waals surface area contributed by atoms with Gasteiger partial charge in [0.15, 0.2) is 0 Å². The van der Waals surface area contributed by atoms with E-state index in [2.05, 4.69) is 104 Å². The third kappa shape index (κ3) is 98.4. The first kappa shape index (κ1) is 70.7. The topological polar surface area (TPSA) is 198 Å². The summed E-state index contributed by atoms with van der Waals surface area (Å²) >= 11 is 0. The van der Waals surface area contributed by atoms with Gasteiger partial charge in [-0.15, -0.1) is 0 Å². The van der Waals surface area contributed by atoms with Crippen LogP contribution >= 0.6 is 0 Å². The maximum Gasteiger partial charge on any atom is 4.00 e. The standard InChI is InChI=1S/5C10H20O2.Ti/c5*1-10(2,3)8-6-4-5-7-9(11)12;/h5*4-8H2,1-3H3,(H,11,12);/q;;;;;+4/p-4. The number of rotatable bonds is 25. The maximum absolute atomic E-state index is 10.2. The summed E-state index contributed by atoms with van der Waals surface area (Å²) in [5.41, 5.74) is 1.90. The third-order valence-corrected chi connectivity index (χ3v) is 9.05. The first-order chi connectivity index (χ1) is 27.1. The summed E-state index contributed by atoms with van der Waals surface area (Å²) in [6, 6.07) is 0. The monoisotopic (exact) mass is 905 g/mol. The quantitative estimate of drug-likeness (QED) is 0.0680. The van der Waals surface area contributed by atoms with Crippen molar-refractivity contribution in [1.29, 1.82) is 0 Å². The molecule has 0 saturated carbocycles. The van der Waals surface area contributed by atoms with Gasteiger partial charge >= 0.3 is 27.7 Å². The Morgan fingerprint density at radius 3 is 0.557 bits per heavy atom. The molecular formula is C50H96O10Ti.